The van der Waals surface area contributed by atoms with Crippen molar-refractivity contribution in [3.05, 3.63) is 87.7 Å². The van der Waals surface area contributed by atoms with E-state index in [1.807, 2.05) is 0 Å². The van der Waals surface area contributed by atoms with Gasteiger partial charge in [0.2, 0.25) is 5.95 Å². The number of anilines is 1. The van der Waals surface area contributed by atoms with Gasteiger partial charge in [0, 0.05) is 49.1 Å². The van der Waals surface area contributed by atoms with Gasteiger partial charge in [0.15, 0.2) is 5.65 Å². The minimum atomic E-state index is -4.45. The summed E-state index contributed by atoms with van der Waals surface area (Å²) in [7, 11) is 0. The van der Waals surface area contributed by atoms with E-state index >= 15 is 0 Å². The fourth-order valence-electron chi connectivity index (χ4n) is 4.95. The van der Waals surface area contributed by atoms with Crippen molar-refractivity contribution in [1.82, 2.24) is 24.5 Å². The molecule has 1 saturated heterocycles. The van der Waals surface area contributed by atoms with Crippen LogP contribution >= 0.6 is 0 Å². The summed E-state index contributed by atoms with van der Waals surface area (Å²) in [6.45, 7) is 2.34. The molecule has 1 aromatic carbocycles. The van der Waals surface area contributed by atoms with Crippen molar-refractivity contribution in [2.45, 2.75) is 38.4 Å². The zero-order valence-electron chi connectivity index (χ0n) is 19.3. The molecule has 0 radical (unpaired) electrons. The van der Waals surface area contributed by atoms with Gasteiger partial charge in [-0.25, -0.2) is 9.97 Å². The average molecular weight is 498 g/mol. The van der Waals surface area contributed by atoms with Crippen LogP contribution in [0.4, 0.5) is 23.2 Å². The predicted octanol–water partition coefficient (Wildman–Crippen LogP) is 4.48. The molecule has 0 spiro atoms. The Labute approximate surface area is 203 Å². The number of piperidine rings is 1. The van der Waals surface area contributed by atoms with Crippen molar-refractivity contribution in [3.63, 3.8) is 0 Å². The van der Waals surface area contributed by atoms with E-state index in [0.29, 0.717) is 48.2 Å². The van der Waals surface area contributed by atoms with Crippen LogP contribution in [0.15, 0.2) is 53.8 Å². The number of halogens is 4. The molecule has 5 rings (SSSR count). The van der Waals surface area contributed by atoms with Crippen molar-refractivity contribution < 1.29 is 17.6 Å². The molecule has 186 valence electrons. The normalized spacial score (nSPS) is 15.0. The lowest BCUT2D eigenvalue weighted by Crippen LogP contribution is -2.37. The smallest absolute Gasteiger partial charge is 0.371 e. The van der Waals surface area contributed by atoms with Crippen LogP contribution in [0.2, 0.25) is 0 Å². The maximum absolute atomic E-state index is 14.3. The third-order valence-electron chi connectivity index (χ3n) is 6.65. The highest BCUT2D eigenvalue weighted by atomic mass is 19.4. The molecular formula is C25H22F4N6O. The summed E-state index contributed by atoms with van der Waals surface area (Å²) < 4.78 is 56.2. The Bertz CT molecular complexity index is 1480. The number of hydrogen-bond acceptors (Lipinski definition) is 6. The third-order valence-corrected chi connectivity index (χ3v) is 6.65. The Morgan fingerprint density at radius 3 is 2.36 bits per heavy atom. The molecule has 1 aliphatic heterocycles. The first-order valence-electron chi connectivity index (χ1n) is 11.5. The van der Waals surface area contributed by atoms with Crippen molar-refractivity contribution in [2.75, 3.05) is 18.0 Å². The second-order valence-corrected chi connectivity index (χ2v) is 8.73. The van der Waals surface area contributed by atoms with Crippen LogP contribution in [0.3, 0.4) is 0 Å². The van der Waals surface area contributed by atoms with Crippen molar-refractivity contribution in [1.29, 1.82) is 0 Å². The quantitative estimate of drug-likeness (QED) is 0.386. The minimum absolute atomic E-state index is 0.0000619. The van der Waals surface area contributed by atoms with Gasteiger partial charge in [0.05, 0.1) is 12.1 Å². The second kappa shape index (κ2) is 9.29. The van der Waals surface area contributed by atoms with Crippen molar-refractivity contribution in [2.24, 2.45) is 0 Å². The SMILES string of the molecule is Cc1c(C2CCN(c3ccccc3C(F)(F)F)CC2)c(=O)n(Cc2nccnc2F)c2nccnc12. The van der Waals surface area contributed by atoms with Crippen LogP contribution in [-0.4, -0.2) is 37.6 Å². The zero-order valence-corrected chi connectivity index (χ0v) is 19.3. The number of nitrogens with zero attached hydrogens (tertiary/aromatic N) is 6. The molecule has 0 bridgehead atoms. The number of pyridine rings is 1. The number of benzene rings is 1. The summed E-state index contributed by atoms with van der Waals surface area (Å²) >= 11 is 0. The number of hydrogen-bond donors (Lipinski definition) is 0. The van der Waals surface area contributed by atoms with Crippen LogP contribution in [0.25, 0.3) is 11.2 Å². The summed E-state index contributed by atoms with van der Waals surface area (Å²) in [4.78, 5) is 31.8. The molecule has 0 unspecified atom stereocenters. The maximum Gasteiger partial charge on any atom is 0.418 e. The average Bonchev–Trinajstić information content (AvgIpc) is 2.87. The summed E-state index contributed by atoms with van der Waals surface area (Å²) in [5, 5.41) is 0. The number of alkyl halides is 3. The highest BCUT2D eigenvalue weighted by molar-refractivity contribution is 5.75. The van der Waals surface area contributed by atoms with E-state index in [1.165, 1.54) is 41.5 Å². The van der Waals surface area contributed by atoms with Gasteiger partial charge in [-0.05, 0) is 43.4 Å². The summed E-state index contributed by atoms with van der Waals surface area (Å²) in [5.41, 5.74) is 1.16. The highest BCUT2D eigenvalue weighted by Gasteiger charge is 2.36. The van der Waals surface area contributed by atoms with E-state index in [9.17, 15) is 22.4 Å². The molecule has 4 heterocycles. The molecule has 3 aromatic heterocycles. The number of aryl methyl sites for hydroxylation is 1. The molecule has 0 aliphatic carbocycles. The minimum Gasteiger partial charge on any atom is -0.371 e. The highest BCUT2D eigenvalue weighted by Crippen LogP contribution is 2.39. The Morgan fingerprint density at radius 2 is 1.64 bits per heavy atom. The topological polar surface area (TPSA) is 76.8 Å². The molecule has 7 nitrogen and oxygen atoms in total. The first kappa shape index (κ1) is 23.8. The van der Waals surface area contributed by atoms with E-state index in [4.69, 9.17) is 0 Å². The van der Waals surface area contributed by atoms with Crippen molar-refractivity contribution in [3.8, 4) is 0 Å². The molecule has 0 N–H and O–H groups in total. The van der Waals surface area contributed by atoms with Gasteiger partial charge in [-0.1, -0.05) is 12.1 Å². The Hall–Kier alpha value is -3.89. The predicted molar refractivity (Wildman–Crippen MR) is 125 cm³/mol. The molecular weight excluding hydrogens is 476 g/mol. The monoisotopic (exact) mass is 498 g/mol. The molecule has 1 aliphatic rings. The van der Waals surface area contributed by atoms with Gasteiger partial charge in [-0.15, -0.1) is 0 Å². The summed E-state index contributed by atoms with van der Waals surface area (Å²) in [5.74, 6) is -0.976. The van der Waals surface area contributed by atoms with Gasteiger partial charge < -0.3 is 4.90 Å². The molecule has 1 fully saturated rings. The van der Waals surface area contributed by atoms with Gasteiger partial charge in [-0.3, -0.25) is 19.3 Å². The fraction of sp³-hybridized carbons (Fsp3) is 0.320. The van der Waals surface area contributed by atoms with Crippen molar-refractivity contribution >= 4 is 16.9 Å². The first-order valence-corrected chi connectivity index (χ1v) is 11.5. The molecule has 4 aromatic rings. The number of fused-ring (bicyclic) bond motifs is 1. The van der Waals surface area contributed by atoms with Gasteiger partial charge in [0.25, 0.3) is 5.56 Å². The largest absolute Gasteiger partial charge is 0.418 e. The van der Waals surface area contributed by atoms with E-state index in [0.717, 1.165) is 6.07 Å². The Kier molecular flexibility index (Phi) is 6.15. The second-order valence-electron chi connectivity index (χ2n) is 8.73. The molecule has 0 saturated carbocycles. The number of rotatable bonds is 4. The molecule has 36 heavy (non-hydrogen) atoms. The van der Waals surface area contributed by atoms with Crippen LogP contribution < -0.4 is 10.5 Å². The van der Waals surface area contributed by atoms with Crippen LogP contribution in [-0.2, 0) is 12.7 Å². The lowest BCUT2D eigenvalue weighted by atomic mass is 9.87. The summed E-state index contributed by atoms with van der Waals surface area (Å²) in [6.07, 6.45) is 2.06. The standard InChI is InChI=1S/C25H22F4N6O/c1-15-20(16-6-12-34(13-7-16)19-5-3-2-4-17(19)25(27,28)29)24(36)35(23-21(15)31-9-11-33-23)14-18-22(26)32-10-8-30-18/h2-5,8-11,16H,6-7,12-14H2,1H3. The maximum atomic E-state index is 14.3. The first-order chi connectivity index (χ1) is 17.3. The van der Waals surface area contributed by atoms with E-state index in [-0.39, 0.29) is 29.4 Å². The number of aromatic nitrogens is 5. The third kappa shape index (κ3) is 4.29. The van der Waals surface area contributed by atoms with Crippen LogP contribution in [0, 0.1) is 12.9 Å². The summed E-state index contributed by atoms with van der Waals surface area (Å²) in [6, 6.07) is 5.52. The fourth-order valence-corrected chi connectivity index (χ4v) is 4.95. The molecule has 0 amide bonds. The Balaban J connectivity index is 1.51. The van der Waals surface area contributed by atoms with Gasteiger partial charge >= 0.3 is 6.18 Å². The molecule has 0 atom stereocenters. The Morgan fingerprint density at radius 1 is 0.972 bits per heavy atom. The zero-order chi connectivity index (χ0) is 25.4. The lowest BCUT2D eigenvalue weighted by Gasteiger charge is -2.35. The number of para-hydroxylation sites is 1. The van der Waals surface area contributed by atoms with E-state index < -0.39 is 17.7 Å². The van der Waals surface area contributed by atoms with Gasteiger partial charge in [0.1, 0.15) is 11.2 Å². The van der Waals surface area contributed by atoms with Gasteiger partial charge in [-0.2, -0.15) is 17.6 Å². The molecule has 11 heteroatoms. The van der Waals surface area contributed by atoms with E-state index in [2.05, 4.69) is 19.9 Å². The lowest BCUT2D eigenvalue weighted by molar-refractivity contribution is -0.137. The van der Waals surface area contributed by atoms with E-state index in [1.54, 1.807) is 17.9 Å². The van der Waals surface area contributed by atoms with Crippen LogP contribution in [0.5, 0.6) is 0 Å². The van der Waals surface area contributed by atoms with Crippen LogP contribution in [0.1, 0.15) is 41.1 Å².